The molecule has 0 amide bonds. The average molecular weight is 377 g/mol. The van der Waals surface area contributed by atoms with Crippen molar-refractivity contribution in [1.29, 1.82) is 0 Å². The highest BCUT2D eigenvalue weighted by molar-refractivity contribution is 9.10. The lowest BCUT2D eigenvalue weighted by molar-refractivity contribution is 0.161. The van der Waals surface area contributed by atoms with Gasteiger partial charge in [-0.15, -0.1) is 0 Å². The van der Waals surface area contributed by atoms with Crippen LogP contribution in [0.5, 0.6) is 0 Å². The lowest BCUT2D eigenvalue weighted by Gasteiger charge is -2.36. The molecule has 1 saturated heterocycles. The number of benzene rings is 1. The fourth-order valence-electron chi connectivity index (χ4n) is 2.66. The first kappa shape index (κ1) is 16.9. The quantitative estimate of drug-likeness (QED) is 0.846. The van der Waals surface area contributed by atoms with E-state index in [1.807, 2.05) is 7.05 Å². The normalized spacial score (nSPS) is 18.3. The number of piperidine rings is 1. The zero-order valence-electron chi connectivity index (χ0n) is 12.1. The van der Waals surface area contributed by atoms with Crippen molar-refractivity contribution in [1.82, 2.24) is 9.21 Å². The molecule has 21 heavy (non-hydrogen) atoms. The number of halogens is 1. The van der Waals surface area contributed by atoms with Crippen LogP contribution in [0.25, 0.3) is 0 Å². The molecule has 5 nitrogen and oxygen atoms in total. The van der Waals surface area contributed by atoms with E-state index in [0.717, 1.165) is 25.9 Å². The van der Waals surface area contributed by atoms with Gasteiger partial charge in [0.15, 0.2) is 0 Å². The molecular weight excluding hydrogens is 356 g/mol. The molecule has 0 saturated carbocycles. The van der Waals surface area contributed by atoms with Crippen molar-refractivity contribution in [3.05, 3.63) is 28.7 Å². The Labute approximate surface area is 134 Å². The van der Waals surface area contributed by atoms with Crippen molar-refractivity contribution in [3.63, 3.8) is 0 Å². The van der Waals surface area contributed by atoms with E-state index in [9.17, 15) is 13.5 Å². The second-order valence-corrected chi connectivity index (χ2v) is 8.02. The average Bonchev–Trinajstić information content (AvgIpc) is 2.46. The Kier molecular flexibility index (Phi) is 5.79. The fourth-order valence-corrected chi connectivity index (χ4v) is 5.30. The van der Waals surface area contributed by atoms with Gasteiger partial charge in [0.1, 0.15) is 0 Å². The molecule has 0 aliphatic carbocycles. The maximum Gasteiger partial charge on any atom is 0.244 e. The van der Waals surface area contributed by atoms with Crippen LogP contribution in [0, 0.1) is 0 Å². The van der Waals surface area contributed by atoms with E-state index < -0.39 is 10.0 Å². The Bertz CT molecular complexity index is 571. The highest BCUT2D eigenvalue weighted by Gasteiger charge is 2.33. The summed E-state index contributed by atoms with van der Waals surface area (Å²) in [5.41, 5.74) is 0. The van der Waals surface area contributed by atoms with Crippen LogP contribution in [-0.2, 0) is 10.0 Å². The Morgan fingerprint density at radius 2 is 1.95 bits per heavy atom. The van der Waals surface area contributed by atoms with E-state index in [1.165, 1.54) is 4.31 Å². The summed E-state index contributed by atoms with van der Waals surface area (Å²) < 4.78 is 27.8. The first-order valence-electron chi connectivity index (χ1n) is 7.02. The first-order valence-corrected chi connectivity index (χ1v) is 9.26. The molecule has 2 rings (SSSR count). The van der Waals surface area contributed by atoms with E-state index in [2.05, 4.69) is 20.8 Å². The highest BCUT2D eigenvalue weighted by atomic mass is 79.9. The fraction of sp³-hybridized carbons (Fsp3) is 0.571. The number of rotatable bonds is 5. The Hall–Kier alpha value is -0.470. The highest BCUT2D eigenvalue weighted by Crippen LogP contribution is 2.28. The van der Waals surface area contributed by atoms with Gasteiger partial charge in [0.25, 0.3) is 0 Å². The molecule has 0 bridgehead atoms. The van der Waals surface area contributed by atoms with Crippen molar-refractivity contribution >= 4 is 26.0 Å². The third-order valence-electron chi connectivity index (χ3n) is 3.84. The molecule has 0 unspecified atom stereocenters. The summed E-state index contributed by atoms with van der Waals surface area (Å²) in [6, 6.07) is 6.76. The van der Waals surface area contributed by atoms with Crippen molar-refractivity contribution in [2.24, 2.45) is 0 Å². The van der Waals surface area contributed by atoms with Crippen LogP contribution in [-0.4, -0.2) is 62.1 Å². The monoisotopic (exact) mass is 376 g/mol. The van der Waals surface area contributed by atoms with Crippen LogP contribution < -0.4 is 0 Å². The SMILES string of the molecule is CN1CCC(N(CCO)S(=O)(=O)c2ccccc2Br)CC1. The topological polar surface area (TPSA) is 60.9 Å². The number of hydrogen-bond acceptors (Lipinski definition) is 4. The van der Waals surface area contributed by atoms with Crippen LogP contribution in [0.4, 0.5) is 0 Å². The van der Waals surface area contributed by atoms with E-state index in [0.29, 0.717) is 4.47 Å². The Balaban J connectivity index is 2.31. The molecule has 1 aromatic carbocycles. The van der Waals surface area contributed by atoms with Gasteiger partial charge in [0.2, 0.25) is 10.0 Å². The van der Waals surface area contributed by atoms with Gasteiger partial charge in [0.05, 0.1) is 11.5 Å². The summed E-state index contributed by atoms with van der Waals surface area (Å²) in [5, 5.41) is 9.27. The third kappa shape index (κ3) is 3.84. The Morgan fingerprint density at radius 3 is 2.52 bits per heavy atom. The number of hydrogen-bond donors (Lipinski definition) is 1. The van der Waals surface area contributed by atoms with Gasteiger partial charge in [-0.25, -0.2) is 8.42 Å². The molecule has 1 fully saturated rings. The molecular formula is C14H21BrN2O3S. The van der Waals surface area contributed by atoms with Gasteiger partial charge in [-0.05, 0) is 61.0 Å². The second-order valence-electron chi connectivity index (χ2n) is 5.30. The molecule has 0 aromatic heterocycles. The van der Waals surface area contributed by atoms with E-state index in [1.54, 1.807) is 24.3 Å². The molecule has 1 N–H and O–H groups in total. The van der Waals surface area contributed by atoms with Gasteiger partial charge in [0, 0.05) is 17.1 Å². The van der Waals surface area contributed by atoms with Crippen LogP contribution >= 0.6 is 15.9 Å². The Morgan fingerprint density at radius 1 is 1.33 bits per heavy atom. The molecule has 1 aromatic rings. The predicted octanol–water partition coefficient (Wildman–Crippen LogP) is 1.53. The minimum Gasteiger partial charge on any atom is -0.395 e. The molecule has 0 atom stereocenters. The van der Waals surface area contributed by atoms with Crippen molar-refractivity contribution in [3.8, 4) is 0 Å². The zero-order chi connectivity index (χ0) is 15.5. The number of likely N-dealkylation sites (tertiary alicyclic amines) is 1. The third-order valence-corrected chi connectivity index (χ3v) is 6.80. The van der Waals surface area contributed by atoms with Crippen LogP contribution in [0.1, 0.15) is 12.8 Å². The standard InChI is InChI=1S/C14H21BrN2O3S/c1-16-8-6-12(7-9-16)17(10-11-18)21(19,20)14-5-3-2-4-13(14)15/h2-5,12,18H,6-11H2,1H3. The summed E-state index contributed by atoms with van der Waals surface area (Å²) in [5.74, 6) is 0. The maximum absolute atomic E-state index is 12.9. The molecule has 7 heteroatoms. The van der Waals surface area contributed by atoms with Gasteiger partial charge in [-0.2, -0.15) is 4.31 Å². The van der Waals surface area contributed by atoms with Gasteiger partial charge >= 0.3 is 0 Å². The number of aliphatic hydroxyl groups excluding tert-OH is 1. The molecule has 1 aliphatic rings. The molecule has 0 radical (unpaired) electrons. The van der Waals surface area contributed by atoms with E-state index in [4.69, 9.17) is 0 Å². The van der Waals surface area contributed by atoms with E-state index in [-0.39, 0.29) is 24.1 Å². The zero-order valence-corrected chi connectivity index (χ0v) is 14.5. The molecule has 118 valence electrons. The molecule has 0 spiro atoms. The summed E-state index contributed by atoms with van der Waals surface area (Å²) in [6.45, 7) is 1.71. The lowest BCUT2D eigenvalue weighted by atomic mass is 10.1. The molecule has 1 aliphatic heterocycles. The van der Waals surface area contributed by atoms with Gasteiger partial charge in [-0.3, -0.25) is 0 Å². The van der Waals surface area contributed by atoms with E-state index >= 15 is 0 Å². The second kappa shape index (κ2) is 7.19. The minimum absolute atomic E-state index is 0.0505. The van der Waals surface area contributed by atoms with Gasteiger partial charge < -0.3 is 10.0 Å². The molecule has 1 heterocycles. The van der Waals surface area contributed by atoms with Crippen molar-refractivity contribution in [2.45, 2.75) is 23.8 Å². The minimum atomic E-state index is -3.60. The van der Waals surface area contributed by atoms with Crippen LogP contribution in [0.15, 0.2) is 33.6 Å². The smallest absolute Gasteiger partial charge is 0.244 e. The van der Waals surface area contributed by atoms with Crippen LogP contribution in [0.2, 0.25) is 0 Å². The number of sulfonamides is 1. The number of aliphatic hydroxyl groups is 1. The van der Waals surface area contributed by atoms with Crippen LogP contribution in [0.3, 0.4) is 0 Å². The first-order chi connectivity index (χ1) is 9.96. The summed E-state index contributed by atoms with van der Waals surface area (Å²) >= 11 is 3.31. The van der Waals surface area contributed by atoms with Crippen molar-refractivity contribution < 1.29 is 13.5 Å². The lowest BCUT2D eigenvalue weighted by Crippen LogP contribution is -2.47. The van der Waals surface area contributed by atoms with Crippen molar-refractivity contribution in [2.75, 3.05) is 33.3 Å². The summed E-state index contributed by atoms with van der Waals surface area (Å²) in [4.78, 5) is 2.45. The largest absolute Gasteiger partial charge is 0.395 e. The summed E-state index contributed by atoms with van der Waals surface area (Å²) in [7, 11) is -1.57. The van der Waals surface area contributed by atoms with Gasteiger partial charge in [-0.1, -0.05) is 12.1 Å². The predicted molar refractivity (Wildman–Crippen MR) is 85.6 cm³/mol. The number of nitrogens with zero attached hydrogens (tertiary/aromatic N) is 2. The summed E-state index contributed by atoms with van der Waals surface area (Å²) in [6.07, 6.45) is 1.58. The maximum atomic E-state index is 12.9.